The number of rotatable bonds is 3. The lowest BCUT2D eigenvalue weighted by Gasteiger charge is -2.39. The van der Waals surface area contributed by atoms with E-state index < -0.39 is 18.1 Å². The number of alkyl halides is 2. The molecule has 158 valence electrons. The molecule has 7 nitrogen and oxygen atoms in total. The van der Waals surface area contributed by atoms with Crippen molar-refractivity contribution in [1.82, 2.24) is 19.7 Å². The van der Waals surface area contributed by atoms with Crippen LogP contribution in [0.15, 0.2) is 24.7 Å². The molecule has 1 aliphatic heterocycles. The first-order valence-corrected chi connectivity index (χ1v) is 10.2. The Bertz CT molecular complexity index is 1010. The molecule has 0 bridgehead atoms. The number of aryl methyl sites for hydroxylation is 1. The summed E-state index contributed by atoms with van der Waals surface area (Å²) in [4.78, 5) is 20.5. The van der Waals surface area contributed by atoms with Gasteiger partial charge in [0.25, 0.3) is 5.92 Å². The maximum Gasteiger partial charge on any atom is 0.410 e. The number of carbonyl (C=O) groups excluding carboxylic acids is 1. The summed E-state index contributed by atoms with van der Waals surface area (Å²) in [5, 5.41) is 4.25. The van der Waals surface area contributed by atoms with Crippen LogP contribution >= 0.6 is 0 Å². The Morgan fingerprint density at radius 3 is 2.70 bits per heavy atom. The monoisotopic (exact) mass is 415 g/mol. The molecule has 1 atom stereocenters. The zero-order chi connectivity index (χ0) is 20.9. The highest BCUT2D eigenvalue weighted by Gasteiger charge is 2.51. The third kappa shape index (κ3) is 3.32. The Labute approximate surface area is 172 Å². The van der Waals surface area contributed by atoms with Crippen LogP contribution in [0.5, 0.6) is 0 Å². The summed E-state index contributed by atoms with van der Waals surface area (Å²) in [6.07, 6.45) is 6.69. The lowest BCUT2D eigenvalue weighted by molar-refractivity contribution is -0.179. The molecule has 9 heteroatoms. The molecule has 5 rings (SSSR count). The third-order valence-corrected chi connectivity index (χ3v) is 6.13. The SMILES string of the molecule is Cn1cc(C2=Cc3c(N4CCN(C(=O)OC5CCC5(F)F)CC4)ccnc3C2)cn1. The average molecular weight is 415 g/mol. The summed E-state index contributed by atoms with van der Waals surface area (Å²) in [5.41, 5.74) is 5.47. The van der Waals surface area contributed by atoms with Gasteiger partial charge in [-0.05, 0) is 24.1 Å². The van der Waals surface area contributed by atoms with E-state index in [1.54, 1.807) is 4.68 Å². The van der Waals surface area contributed by atoms with E-state index in [-0.39, 0.29) is 12.8 Å². The zero-order valence-corrected chi connectivity index (χ0v) is 16.7. The number of hydrogen-bond donors (Lipinski definition) is 0. The van der Waals surface area contributed by atoms with E-state index in [0.29, 0.717) is 26.2 Å². The minimum absolute atomic E-state index is 0.208. The lowest BCUT2D eigenvalue weighted by Crippen LogP contribution is -2.53. The number of aromatic nitrogens is 3. The third-order valence-electron chi connectivity index (χ3n) is 6.13. The molecule has 1 amide bonds. The van der Waals surface area contributed by atoms with Crippen LogP contribution in [0.3, 0.4) is 0 Å². The van der Waals surface area contributed by atoms with Crippen molar-refractivity contribution >= 4 is 23.4 Å². The van der Waals surface area contributed by atoms with Gasteiger partial charge in [0.05, 0.1) is 11.9 Å². The Balaban J connectivity index is 1.26. The van der Waals surface area contributed by atoms with Gasteiger partial charge in [-0.15, -0.1) is 0 Å². The van der Waals surface area contributed by atoms with Crippen molar-refractivity contribution in [2.75, 3.05) is 31.1 Å². The number of pyridine rings is 1. The minimum atomic E-state index is -2.88. The molecule has 30 heavy (non-hydrogen) atoms. The van der Waals surface area contributed by atoms with Gasteiger partial charge in [-0.2, -0.15) is 5.10 Å². The predicted molar refractivity (Wildman–Crippen MR) is 107 cm³/mol. The minimum Gasteiger partial charge on any atom is -0.440 e. The van der Waals surface area contributed by atoms with E-state index in [1.165, 1.54) is 10.5 Å². The summed E-state index contributed by atoms with van der Waals surface area (Å²) in [5.74, 6) is -2.88. The van der Waals surface area contributed by atoms with Gasteiger partial charge in [0.2, 0.25) is 0 Å². The summed E-state index contributed by atoms with van der Waals surface area (Å²) < 4.78 is 33.5. The van der Waals surface area contributed by atoms with Crippen molar-refractivity contribution in [3.05, 3.63) is 41.5 Å². The quantitative estimate of drug-likeness (QED) is 0.771. The molecular formula is C21H23F2N5O2. The molecule has 1 unspecified atom stereocenters. The molecule has 1 saturated heterocycles. The standard InChI is InChI=1S/C21H23F2N5O2/c1-26-13-15(12-25-26)14-10-16-17(11-14)24-5-3-18(16)27-6-8-28(9-7-27)20(29)30-19-2-4-21(19,22)23/h3,5,10,12-13,19H,2,4,6-9,11H2,1H3. The first kappa shape index (κ1) is 19.0. The summed E-state index contributed by atoms with van der Waals surface area (Å²) in [6, 6.07) is 1.99. The predicted octanol–water partition coefficient (Wildman–Crippen LogP) is 2.97. The van der Waals surface area contributed by atoms with Gasteiger partial charge in [0.1, 0.15) is 0 Å². The highest BCUT2D eigenvalue weighted by atomic mass is 19.3. The number of halogens is 2. The van der Waals surface area contributed by atoms with Gasteiger partial charge < -0.3 is 14.5 Å². The zero-order valence-electron chi connectivity index (χ0n) is 16.7. The van der Waals surface area contributed by atoms with Crippen LogP contribution in [-0.2, 0) is 18.2 Å². The summed E-state index contributed by atoms with van der Waals surface area (Å²) in [7, 11) is 1.90. The molecule has 2 aliphatic carbocycles. The molecule has 0 radical (unpaired) electrons. The second-order valence-corrected chi connectivity index (χ2v) is 8.09. The fourth-order valence-electron chi connectivity index (χ4n) is 4.21. The van der Waals surface area contributed by atoms with Crippen LogP contribution in [0.25, 0.3) is 11.6 Å². The molecule has 0 spiro atoms. The number of ether oxygens (including phenoxy) is 1. The Kier molecular flexibility index (Phi) is 4.48. The van der Waals surface area contributed by atoms with Gasteiger partial charge in [-0.3, -0.25) is 9.67 Å². The van der Waals surface area contributed by atoms with E-state index in [9.17, 15) is 13.6 Å². The fraction of sp³-hybridized carbons (Fsp3) is 0.476. The van der Waals surface area contributed by atoms with E-state index in [0.717, 1.165) is 28.9 Å². The number of nitrogens with zero attached hydrogens (tertiary/aromatic N) is 5. The second kappa shape index (κ2) is 7.07. The molecule has 3 aliphatic rings. The van der Waals surface area contributed by atoms with Crippen LogP contribution in [0.2, 0.25) is 0 Å². The first-order valence-electron chi connectivity index (χ1n) is 10.2. The number of hydrogen-bond acceptors (Lipinski definition) is 5. The van der Waals surface area contributed by atoms with Crippen LogP contribution in [0.1, 0.15) is 29.7 Å². The van der Waals surface area contributed by atoms with Crippen molar-refractivity contribution in [3.63, 3.8) is 0 Å². The van der Waals surface area contributed by atoms with E-state index in [2.05, 4.69) is 21.1 Å². The topological polar surface area (TPSA) is 63.5 Å². The van der Waals surface area contributed by atoms with E-state index >= 15 is 0 Å². The highest BCUT2D eigenvalue weighted by molar-refractivity contribution is 5.91. The molecule has 2 aromatic rings. The fourth-order valence-corrected chi connectivity index (χ4v) is 4.21. The smallest absolute Gasteiger partial charge is 0.410 e. The van der Waals surface area contributed by atoms with Crippen molar-refractivity contribution < 1.29 is 18.3 Å². The van der Waals surface area contributed by atoms with Gasteiger partial charge in [-0.25, -0.2) is 13.6 Å². The van der Waals surface area contributed by atoms with Gasteiger partial charge >= 0.3 is 6.09 Å². The lowest BCUT2D eigenvalue weighted by atomic mass is 9.91. The second-order valence-electron chi connectivity index (χ2n) is 8.09. The van der Waals surface area contributed by atoms with Crippen molar-refractivity contribution in [2.45, 2.75) is 31.3 Å². The van der Waals surface area contributed by atoms with Crippen LogP contribution in [0.4, 0.5) is 19.3 Å². The molecular weight excluding hydrogens is 392 g/mol. The van der Waals surface area contributed by atoms with Gasteiger partial charge in [0.15, 0.2) is 6.10 Å². The van der Waals surface area contributed by atoms with Crippen molar-refractivity contribution in [3.8, 4) is 0 Å². The molecule has 3 heterocycles. The Morgan fingerprint density at radius 2 is 2.07 bits per heavy atom. The van der Waals surface area contributed by atoms with Crippen LogP contribution < -0.4 is 4.90 Å². The molecule has 0 N–H and O–H groups in total. The Hall–Kier alpha value is -2.97. The molecule has 1 saturated carbocycles. The average Bonchev–Trinajstić information content (AvgIpc) is 3.37. The van der Waals surface area contributed by atoms with Crippen LogP contribution in [-0.4, -0.2) is 64.0 Å². The summed E-state index contributed by atoms with van der Waals surface area (Å²) >= 11 is 0. The maximum absolute atomic E-state index is 13.4. The number of fused-ring (bicyclic) bond motifs is 1. The molecule has 0 aromatic carbocycles. The molecule has 2 fully saturated rings. The van der Waals surface area contributed by atoms with Crippen molar-refractivity contribution in [1.29, 1.82) is 0 Å². The first-order chi connectivity index (χ1) is 14.4. The highest BCUT2D eigenvalue weighted by Crippen LogP contribution is 2.40. The van der Waals surface area contributed by atoms with Crippen LogP contribution in [0, 0.1) is 0 Å². The number of allylic oxidation sites excluding steroid dienone is 1. The molecule has 2 aromatic heterocycles. The van der Waals surface area contributed by atoms with E-state index in [4.69, 9.17) is 4.74 Å². The number of piperazine rings is 1. The van der Waals surface area contributed by atoms with E-state index in [1.807, 2.05) is 31.7 Å². The number of carbonyl (C=O) groups is 1. The summed E-state index contributed by atoms with van der Waals surface area (Å²) in [6.45, 7) is 2.10. The van der Waals surface area contributed by atoms with Gasteiger partial charge in [-0.1, -0.05) is 0 Å². The normalized spacial score (nSPS) is 22.4. The number of amides is 1. The maximum atomic E-state index is 13.4. The van der Waals surface area contributed by atoms with Crippen molar-refractivity contribution in [2.24, 2.45) is 7.05 Å². The number of anilines is 1. The Morgan fingerprint density at radius 1 is 1.27 bits per heavy atom. The van der Waals surface area contributed by atoms with Gasteiger partial charge in [0, 0.05) is 75.3 Å². The largest absolute Gasteiger partial charge is 0.440 e.